The van der Waals surface area contributed by atoms with Crippen LogP contribution in [0.2, 0.25) is 0 Å². The third-order valence-corrected chi connectivity index (χ3v) is 4.93. The van der Waals surface area contributed by atoms with E-state index in [0.29, 0.717) is 17.9 Å². The molecular weight excluding hydrogens is 328 g/mol. The van der Waals surface area contributed by atoms with E-state index < -0.39 is 0 Å². The van der Waals surface area contributed by atoms with E-state index in [1.807, 2.05) is 21.9 Å². The van der Waals surface area contributed by atoms with Crippen molar-refractivity contribution < 1.29 is 9.59 Å². The highest BCUT2D eigenvalue weighted by atomic mass is 16.2. The smallest absolute Gasteiger partial charge is 0.273 e. The molecule has 2 amide bonds. The Morgan fingerprint density at radius 3 is 2.42 bits per heavy atom. The zero-order chi connectivity index (χ0) is 17.9. The standard InChI is InChI=1S/C20H22N4O2/c25-19(23-12-1-2-13-23)17-4-3-5-18(22-17)20(26)24(16-6-7-16)14-15-8-10-21-11-9-15/h3-5,8-11,16H,1-2,6-7,12-14H2. The molecule has 0 atom stereocenters. The van der Waals surface area contributed by atoms with Crippen molar-refractivity contribution >= 4 is 11.8 Å². The molecule has 4 rings (SSSR count). The Balaban J connectivity index is 1.54. The minimum atomic E-state index is -0.111. The van der Waals surface area contributed by atoms with Gasteiger partial charge in [0.2, 0.25) is 0 Å². The van der Waals surface area contributed by atoms with Crippen LogP contribution in [0.3, 0.4) is 0 Å². The van der Waals surface area contributed by atoms with Crippen LogP contribution in [-0.4, -0.2) is 50.7 Å². The highest BCUT2D eigenvalue weighted by molar-refractivity contribution is 5.96. The number of aromatic nitrogens is 2. The van der Waals surface area contributed by atoms with E-state index >= 15 is 0 Å². The third-order valence-electron chi connectivity index (χ3n) is 4.93. The van der Waals surface area contributed by atoms with Gasteiger partial charge in [0.05, 0.1) is 0 Å². The van der Waals surface area contributed by atoms with Crippen LogP contribution in [0.4, 0.5) is 0 Å². The number of hydrogen-bond acceptors (Lipinski definition) is 4. The summed E-state index contributed by atoms with van der Waals surface area (Å²) >= 11 is 0. The summed E-state index contributed by atoms with van der Waals surface area (Å²) in [6.07, 6.45) is 7.57. The maximum absolute atomic E-state index is 13.0. The third kappa shape index (κ3) is 3.59. The van der Waals surface area contributed by atoms with Gasteiger partial charge in [0.1, 0.15) is 11.4 Å². The van der Waals surface area contributed by atoms with Gasteiger partial charge in [-0.25, -0.2) is 4.98 Å². The molecule has 1 saturated heterocycles. The molecule has 1 aliphatic heterocycles. The van der Waals surface area contributed by atoms with Gasteiger partial charge in [0.15, 0.2) is 0 Å². The Morgan fingerprint density at radius 2 is 1.73 bits per heavy atom. The molecule has 0 N–H and O–H groups in total. The Kier molecular flexibility index (Phi) is 4.65. The number of amides is 2. The topological polar surface area (TPSA) is 66.4 Å². The highest BCUT2D eigenvalue weighted by Crippen LogP contribution is 2.29. The van der Waals surface area contributed by atoms with Crippen LogP contribution in [0.15, 0.2) is 42.7 Å². The van der Waals surface area contributed by atoms with Crippen LogP contribution in [0.25, 0.3) is 0 Å². The Bertz CT molecular complexity index is 798. The van der Waals surface area contributed by atoms with Crippen molar-refractivity contribution in [2.45, 2.75) is 38.3 Å². The zero-order valence-corrected chi connectivity index (χ0v) is 14.7. The van der Waals surface area contributed by atoms with Crippen LogP contribution in [0.5, 0.6) is 0 Å². The van der Waals surface area contributed by atoms with Crippen molar-refractivity contribution in [3.63, 3.8) is 0 Å². The number of pyridine rings is 2. The van der Waals surface area contributed by atoms with Crippen LogP contribution in [0, 0.1) is 0 Å². The second-order valence-corrected chi connectivity index (χ2v) is 6.93. The molecule has 0 radical (unpaired) electrons. The van der Waals surface area contributed by atoms with E-state index in [2.05, 4.69) is 9.97 Å². The average Bonchev–Trinajstić information content (AvgIpc) is 3.39. The largest absolute Gasteiger partial charge is 0.337 e. The van der Waals surface area contributed by atoms with Crippen molar-refractivity contribution in [3.8, 4) is 0 Å². The van der Waals surface area contributed by atoms with Gasteiger partial charge in [-0.05, 0) is 55.5 Å². The number of likely N-dealkylation sites (tertiary alicyclic amines) is 1. The maximum atomic E-state index is 13.0. The fraction of sp³-hybridized carbons (Fsp3) is 0.400. The Labute approximate surface area is 152 Å². The Hall–Kier alpha value is -2.76. The molecule has 2 fully saturated rings. The van der Waals surface area contributed by atoms with Crippen LogP contribution >= 0.6 is 0 Å². The predicted octanol–water partition coefficient (Wildman–Crippen LogP) is 2.52. The summed E-state index contributed by atoms with van der Waals surface area (Å²) in [5, 5.41) is 0. The second-order valence-electron chi connectivity index (χ2n) is 6.93. The molecule has 6 nitrogen and oxygen atoms in total. The summed E-state index contributed by atoms with van der Waals surface area (Å²) in [7, 11) is 0. The van der Waals surface area contributed by atoms with Crippen molar-refractivity contribution in [1.82, 2.24) is 19.8 Å². The first-order valence-electron chi connectivity index (χ1n) is 9.18. The molecule has 3 heterocycles. The zero-order valence-electron chi connectivity index (χ0n) is 14.7. The number of carbonyl (C=O) groups is 2. The van der Waals surface area contributed by atoms with E-state index in [1.165, 1.54) is 0 Å². The highest BCUT2D eigenvalue weighted by Gasteiger charge is 2.34. The lowest BCUT2D eigenvalue weighted by Crippen LogP contribution is -2.34. The quantitative estimate of drug-likeness (QED) is 0.831. The SMILES string of the molecule is O=C(c1cccc(C(=O)N(Cc2ccncc2)C2CC2)n1)N1CCCC1. The predicted molar refractivity (Wildman–Crippen MR) is 96.5 cm³/mol. The monoisotopic (exact) mass is 350 g/mol. The molecular formula is C20H22N4O2. The first kappa shape index (κ1) is 16.7. The van der Waals surface area contributed by atoms with Crippen molar-refractivity contribution in [2.75, 3.05) is 13.1 Å². The van der Waals surface area contributed by atoms with Gasteiger partial charge in [-0.2, -0.15) is 0 Å². The summed E-state index contributed by atoms with van der Waals surface area (Å²) < 4.78 is 0. The molecule has 134 valence electrons. The summed E-state index contributed by atoms with van der Waals surface area (Å²) in [6, 6.07) is 9.25. The lowest BCUT2D eigenvalue weighted by Gasteiger charge is -2.22. The van der Waals surface area contributed by atoms with Gasteiger partial charge < -0.3 is 9.80 Å². The minimum absolute atomic E-state index is 0.0794. The molecule has 0 aromatic carbocycles. The van der Waals surface area contributed by atoms with Crippen molar-refractivity contribution in [2.24, 2.45) is 0 Å². The van der Waals surface area contributed by atoms with Gasteiger partial charge in [0.25, 0.3) is 11.8 Å². The van der Waals surface area contributed by atoms with Crippen LogP contribution in [-0.2, 0) is 6.54 Å². The van der Waals surface area contributed by atoms with Crippen LogP contribution in [0.1, 0.15) is 52.2 Å². The van der Waals surface area contributed by atoms with Crippen molar-refractivity contribution in [3.05, 3.63) is 59.7 Å². The lowest BCUT2D eigenvalue weighted by molar-refractivity contribution is 0.0723. The summed E-state index contributed by atoms with van der Waals surface area (Å²) in [4.78, 5) is 37.7. The fourth-order valence-corrected chi connectivity index (χ4v) is 3.34. The molecule has 6 heteroatoms. The van der Waals surface area contributed by atoms with E-state index in [9.17, 15) is 9.59 Å². The average molecular weight is 350 g/mol. The molecule has 1 aliphatic carbocycles. The normalized spacial score (nSPS) is 16.5. The molecule has 1 saturated carbocycles. The summed E-state index contributed by atoms with van der Waals surface area (Å²) in [5.41, 5.74) is 1.75. The minimum Gasteiger partial charge on any atom is -0.337 e. The first-order valence-corrected chi connectivity index (χ1v) is 9.18. The Morgan fingerprint density at radius 1 is 1.04 bits per heavy atom. The number of hydrogen-bond donors (Lipinski definition) is 0. The lowest BCUT2D eigenvalue weighted by atomic mass is 10.2. The first-order chi connectivity index (χ1) is 12.7. The number of nitrogens with zero attached hydrogens (tertiary/aromatic N) is 4. The number of rotatable bonds is 5. The van der Waals surface area contributed by atoms with Gasteiger partial charge in [-0.3, -0.25) is 14.6 Å². The molecule has 0 unspecified atom stereocenters. The van der Waals surface area contributed by atoms with Gasteiger partial charge in [-0.15, -0.1) is 0 Å². The van der Waals surface area contributed by atoms with E-state index in [-0.39, 0.29) is 17.9 Å². The van der Waals surface area contributed by atoms with Crippen molar-refractivity contribution in [1.29, 1.82) is 0 Å². The van der Waals surface area contributed by atoms with Crippen LogP contribution < -0.4 is 0 Å². The maximum Gasteiger partial charge on any atom is 0.273 e. The molecule has 26 heavy (non-hydrogen) atoms. The molecule has 0 bridgehead atoms. The molecule has 2 aromatic rings. The molecule has 0 spiro atoms. The second kappa shape index (κ2) is 7.23. The van der Waals surface area contributed by atoms with Gasteiger partial charge >= 0.3 is 0 Å². The fourth-order valence-electron chi connectivity index (χ4n) is 3.34. The molecule has 2 aliphatic rings. The van der Waals surface area contributed by atoms with E-state index in [0.717, 1.165) is 44.3 Å². The van der Waals surface area contributed by atoms with E-state index in [4.69, 9.17) is 0 Å². The summed E-state index contributed by atoms with van der Waals surface area (Å²) in [5.74, 6) is -0.190. The van der Waals surface area contributed by atoms with Gasteiger partial charge in [0, 0.05) is 38.1 Å². The molecule has 2 aromatic heterocycles. The summed E-state index contributed by atoms with van der Waals surface area (Å²) in [6.45, 7) is 2.09. The number of carbonyl (C=O) groups excluding carboxylic acids is 2. The van der Waals surface area contributed by atoms with E-state index in [1.54, 1.807) is 30.6 Å². The van der Waals surface area contributed by atoms with Gasteiger partial charge in [-0.1, -0.05) is 6.07 Å².